The second kappa shape index (κ2) is 38.2. The molecule has 2 aromatic carbocycles. The molecule has 4 heterocycles. The molecule has 464 valence electrons. The van der Waals surface area contributed by atoms with E-state index in [0.29, 0.717) is 45.1 Å². The van der Waals surface area contributed by atoms with Crippen molar-refractivity contribution in [1.82, 2.24) is 19.6 Å². The standard InChI is InChI=1S/C13H19NO2.C13H17NO.C11H22N2O3.C11H21NO4.C8H16O.C7H14O2/c15-10-12-6-7-14(9-13(12)16)8-11-4-2-1-3-5-11;15-11-13-6-8-14(9-7-13)10-12-4-2-1-3-5-12;1-11(2,3)16-10(15)13-5-4-8(6-12)9(14)7-13;1-11(2,3)16-10(15)12-5-4-8(7-13)9(14)6-12;1-2-7-5-3-4-6-8(7)9;8-5-6-3-1-2-4-7(6)9/h1-5,12-13,15-16H,6-10H2;1-6,15H,7-11H2;8-9,14H,4-7,12H2,1-3H3;8-9,13-14H,4-7H2,1-3H3;7-9H,2-6H2,1H3;6-9H,1-5H2/t12-,13+;;2*8-,9+;7-,8-;6-,7+/m0.0010/s1. The normalized spacial score (nSPS) is 27.2. The molecule has 0 spiro atoms. The first kappa shape index (κ1) is 71.5. The Bertz CT molecular complexity index is 1930. The van der Waals surface area contributed by atoms with Crippen LogP contribution < -0.4 is 5.73 Å². The third-order valence-electron chi connectivity index (χ3n) is 15.9. The molecule has 3 saturated heterocycles. The van der Waals surface area contributed by atoms with Gasteiger partial charge in [-0.1, -0.05) is 106 Å². The lowest BCUT2D eigenvalue weighted by Gasteiger charge is -2.36. The van der Waals surface area contributed by atoms with Crippen LogP contribution in [0.5, 0.6) is 0 Å². The highest BCUT2D eigenvalue weighted by Gasteiger charge is 2.34. The van der Waals surface area contributed by atoms with Crippen molar-refractivity contribution < 1.29 is 65.0 Å². The van der Waals surface area contributed by atoms with Crippen LogP contribution in [0.15, 0.2) is 72.3 Å². The molecule has 6 aliphatic rings. The van der Waals surface area contributed by atoms with Crippen molar-refractivity contribution in [3.63, 3.8) is 0 Å². The van der Waals surface area contributed by atoms with Crippen molar-refractivity contribution in [3.05, 3.63) is 83.4 Å². The summed E-state index contributed by atoms with van der Waals surface area (Å²) >= 11 is 0. The molecule has 8 rings (SSSR count). The highest BCUT2D eigenvalue weighted by Crippen LogP contribution is 2.27. The summed E-state index contributed by atoms with van der Waals surface area (Å²) in [4.78, 5) is 31.1. The first-order valence-corrected chi connectivity index (χ1v) is 30.2. The van der Waals surface area contributed by atoms with Crippen molar-refractivity contribution >= 4 is 12.2 Å². The minimum absolute atomic E-state index is 0.0174. The Balaban J connectivity index is 0.000000259. The van der Waals surface area contributed by atoms with E-state index in [0.717, 1.165) is 84.1 Å². The van der Waals surface area contributed by atoms with Gasteiger partial charge in [0.25, 0.3) is 0 Å². The van der Waals surface area contributed by atoms with E-state index in [1.807, 2.05) is 65.8 Å². The van der Waals surface area contributed by atoms with E-state index in [2.05, 4.69) is 59.2 Å². The van der Waals surface area contributed by atoms with E-state index in [1.54, 1.807) is 4.90 Å². The van der Waals surface area contributed by atoms with Gasteiger partial charge in [-0.2, -0.15) is 0 Å². The number of aliphatic hydroxyl groups is 9. The summed E-state index contributed by atoms with van der Waals surface area (Å²) in [6.07, 6.45) is 13.0. The summed E-state index contributed by atoms with van der Waals surface area (Å²) in [5.74, 6) is 0.807. The number of rotatable bonds is 10. The van der Waals surface area contributed by atoms with Gasteiger partial charge in [-0.25, -0.2) is 9.59 Å². The van der Waals surface area contributed by atoms with Crippen LogP contribution in [0, 0.1) is 29.6 Å². The molecule has 5 fully saturated rings. The number of benzene rings is 2. The maximum absolute atomic E-state index is 11.7. The van der Waals surface area contributed by atoms with Crippen molar-refractivity contribution in [2.45, 2.75) is 187 Å². The maximum Gasteiger partial charge on any atom is 0.410 e. The smallest absolute Gasteiger partial charge is 0.410 e. The van der Waals surface area contributed by atoms with Crippen LogP contribution in [-0.4, -0.2) is 205 Å². The molecule has 81 heavy (non-hydrogen) atoms. The van der Waals surface area contributed by atoms with Gasteiger partial charge in [0.05, 0.1) is 50.2 Å². The number of likely N-dealkylation sites (tertiary alicyclic amines) is 3. The summed E-state index contributed by atoms with van der Waals surface area (Å²) in [7, 11) is 0. The number of β-amino-alcohol motifs (C(OH)–C–C–N with tert-alkyl or cyclic N) is 3. The number of hydrogen-bond acceptors (Lipinski definition) is 16. The maximum atomic E-state index is 11.7. The van der Waals surface area contributed by atoms with E-state index in [-0.39, 0.29) is 81.0 Å². The highest BCUT2D eigenvalue weighted by molar-refractivity contribution is 5.68. The number of hydrogen-bond donors (Lipinski definition) is 10. The van der Waals surface area contributed by atoms with Gasteiger partial charge in [-0.15, -0.1) is 0 Å². The monoisotopic (exact) mass is 1140 g/mol. The van der Waals surface area contributed by atoms with Gasteiger partial charge in [0.1, 0.15) is 11.2 Å². The Kier molecular flexibility index (Phi) is 33.8. The fraction of sp³-hybridized carbons (Fsp3) is 0.746. The Morgan fingerprint density at radius 3 is 1.27 bits per heavy atom. The van der Waals surface area contributed by atoms with Crippen LogP contribution in [0.4, 0.5) is 9.59 Å². The zero-order valence-electron chi connectivity index (χ0n) is 50.4. The number of ether oxygens (including phenoxy) is 2. The van der Waals surface area contributed by atoms with Gasteiger partial charge in [-0.3, -0.25) is 9.80 Å². The molecule has 11 N–H and O–H groups in total. The number of nitrogens with zero attached hydrogens (tertiary/aromatic N) is 4. The van der Waals surface area contributed by atoms with E-state index in [9.17, 15) is 35.1 Å². The van der Waals surface area contributed by atoms with E-state index < -0.39 is 29.5 Å². The second-order valence-corrected chi connectivity index (χ2v) is 24.8. The number of aliphatic hydroxyl groups excluding tert-OH is 9. The van der Waals surface area contributed by atoms with Gasteiger partial charge in [0.2, 0.25) is 0 Å². The quantitative estimate of drug-likeness (QED) is 0.117. The molecule has 4 aliphatic heterocycles. The summed E-state index contributed by atoms with van der Waals surface area (Å²) in [6.45, 7) is 21.2. The number of carbonyl (C=O) groups excluding carboxylic acids is 2. The van der Waals surface area contributed by atoms with Gasteiger partial charge in [0.15, 0.2) is 0 Å². The third-order valence-corrected chi connectivity index (χ3v) is 15.9. The third kappa shape index (κ3) is 28.6. The summed E-state index contributed by atoms with van der Waals surface area (Å²) in [6, 6.07) is 20.8. The van der Waals surface area contributed by atoms with Crippen LogP contribution in [0.25, 0.3) is 0 Å². The van der Waals surface area contributed by atoms with Crippen LogP contribution in [0.1, 0.15) is 143 Å². The number of amides is 2. The molecule has 0 aromatic heterocycles. The molecule has 2 amide bonds. The Hall–Kier alpha value is -3.76. The van der Waals surface area contributed by atoms with E-state index in [1.165, 1.54) is 47.3 Å². The number of carbonyl (C=O) groups is 2. The molecule has 10 atom stereocenters. The van der Waals surface area contributed by atoms with Crippen molar-refractivity contribution in [2.24, 2.45) is 35.3 Å². The number of nitrogens with two attached hydrogens (primary N) is 1. The molecule has 0 unspecified atom stereocenters. The SMILES string of the molecule is CC(C)(C)OC(=O)N1CC[C@@H](CN)[C@H](O)C1.CC(C)(C)OC(=O)N1CC[C@@H](CO)[C@H](O)C1.CC[C@@H]1CCCC[C@H]1O.OCC1=CCN(Cc2ccccc2)CC1.OC[C@@H]1CCCC[C@H]1O.OC[C@@H]1CCN(Cc2ccccc2)C[C@H]1O. The van der Waals surface area contributed by atoms with Crippen LogP contribution >= 0.6 is 0 Å². The lowest BCUT2D eigenvalue weighted by atomic mass is 9.85. The zero-order chi connectivity index (χ0) is 60.0. The lowest BCUT2D eigenvalue weighted by Crippen LogP contribution is -2.49. The highest BCUT2D eigenvalue weighted by atomic mass is 16.6. The van der Waals surface area contributed by atoms with Gasteiger partial charge >= 0.3 is 12.2 Å². The minimum atomic E-state index is -0.661. The molecule has 2 aromatic rings. The molecular formula is C63H109N5O13. The Morgan fingerprint density at radius 2 is 0.926 bits per heavy atom. The Morgan fingerprint density at radius 1 is 0.519 bits per heavy atom. The van der Waals surface area contributed by atoms with Crippen LogP contribution in [0.2, 0.25) is 0 Å². The molecule has 0 bridgehead atoms. The molecule has 0 radical (unpaired) electrons. The molecule has 2 aliphatic carbocycles. The zero-order valence-corrected chi connectivity index (χ0v) is 50.4. The van der Waals surface area contributed by atoms with Crippen molar-refractivity contribution in [3.8, 4) is 0 Å². The van der Waals surface area contributed by atoms with E-state index >= 15 is 0 Å². The second-order valence-electron chi connectivity index (χ2n) is 24.8. The first-order valence-electron chi connectivity index (χ1n) is 30.2. The average molecular weight is 1140 g/mol. The van der Waals surface area contributed by atoms with Crippen LogP contribution in [-0.2, 0) is 22.6 Å². The predicted octanol–water partition coefficient (Wildman–Crippen LogP) is 6.31. The lowest BCUT2D eigenvalue weighted by molar-refractivity contribution is -0.0234. The van der Waals surface area contributed by atoms with Gasteiger partial charge < -0.3 is 71.0 Å². The van der Waals surface area contributed by atoms with Crippen molar-refractivity contribution in [1.29, 1.82) is 0 Å². The number of piperidine rings is 3. The van der Waals surface area contributed by atoms with Crippen molar-refractivity contribution in [2.75, 3.05) is 85.3 Å². The molecule has 18 nitrogen and oxygen atoms in total. The van der Waals surface area contributed by atoms with Gasteiger partial charge in [0, 0.05) is 89.3 Å². The molecule has 2 saturated carbocycles. The fourth-order valence-corrected chi connectivity index (χ4v) is 10.6. The van der Waals surface area contributed by atoms with E-state index in [4.69, 9.17) is 35.6 Å². The minimum Gasteiger partial charge on any atom is -0.444 e. The largest absolute Gasteiger partial charge is 0.444 e. The molecular weight excluding hydrogens is 1030 g/mol. The summed E-state index contributed by atoms with van der Waals surface area (Å²) in [5.41, 5.74) is 8.33. The Labute approximate surface area is 485 Å². The average Bonchev–Trinajstić information content (AvgIpc) is 3.45. The molecule has 18 heteroatoms. The summed E-state index contributed by atoms with van der Waals surface area (Å²) in [5, 5.41) is 83.5. The van der Waals surface area contributed by atoms with Crippen LogP contribution in [0.3, 0.4) is 0 Å². The topological polar surface area (TPSA) is 274 Å². The first-order chi connectivity index (χ1) is 38.5. The van der Waals surface area contributed by atoms with Gasteiger partial charge in [-0.05, 0) is 129 Å². The fourth-order valence-electron chi connectivity index (χ4n) is 10.6. The predicted molar refractivity (Wildman–Crippen MR) is 318 cm³/mol. The summed E-state index contributed by atoms with van der Waals surface area (Å²) < 4.78 is 10.4.